The second-order valence-corrected chi connectivity index (χ2v) is 4.79. The molecule has 3 unspecified atom stereocenters. The van der Waals surface area contributed by atoms with Gasteiger partial charge in [-0.2, -0.15) is 0 Å². The van der Waals surface area contributed by atoms with E-state index in [4.69, 9.17) is 0 Å². The van der Waals surface area contributed by atoms with E-state index in [1.165, 1.54) is 45.1 Å². The molecule has 3 saturated heterocycles. The van der Waals surface area contributed by atoms with Crippen LogP contribution in [0, 0.1) is 0 Å². The Labute approximate surface area is 79.7 Å². The van der Waals surface area contributed by atoms with Crippen LogP contribution in [-0.2, 0) is 0 Å². The highest BCUT2D eigenvalue weighted by Crippen LogP contribution is 2.34. The summed E-state index contributed by atoms with van der Waals surface area (Å²) in [6.07, 6.45) is 8.70. The molecule has 0 amide bonds. The summed E-state index contributed by atoms with van der Waals surface area (Å²) in [5.41, 5.74) is 0.307. The monoisotopic (exact) mass is 181 g/mol. The van der Waals surface area contributed by atoms with Crippen molar-refractivity contribution in [3.05, 3.63) is 0 Å². The molecule has 3 aliphatic heterocycles. The lowest BCUT2D eigenvalue weighted by Gasteiger charge is -2.42. The van der Waals surface area contributed by atoms with Gasteiger partial charge in [-0.15, -0.1) is 0 Å². The summed E-state index contributed by atoms with van der Waals surface area (Å²) in [6, 6.07) is 0.807. The Hall–Kier alpha value is -0.120. The Balaban J connectivity index is 1.65. The molecule has 0 aliphatic carbocycles. The second-order valence-electron chi connectivity index (χ2n) is 4.79. The van der Waals surface area contributed by atoms with Crippen LogP contribution in [0.5, 0.6) is 0 Å². The van der Waals surface area contributed by atoms with E-state index in [9.17, 15) is 0 Å². The molecule has 0 aromatic carbocycles. The lowest BCUT2D eigenvalue weighted by atomic mass is 9.98. The number of nitrogens with one attached hydrogen (secondary N) is 3. The van der Waals surface area contributed by atoms with Gasteiger partial charge in [-0.25, -0.2) is 0 Å². The van der Waals surface area contributed by atoms with E-state index in [2.05, 4.69) is 16.0 Å². The molecule has 74 valence electrons. The lowest BCUT2D eigenvalue weighted by Crippen LogP contribution is -2.66. The average molecular weight is 181 g/mol. The fraction of sp³-hybridized carbons (Fsp3) is 1.00. The molecule has 3 N–H and O–H groups in total. The number of rotatable bonds is 2. The Morgan fingerprint density at radius 3 is 2.85 bits per heavy atom. The van der Waals surface area contributed by atoms with Crippen LogP contribution >= 0.6 is 0 Å². The molecule has 3 aliphatic rings. The van der Waals surface area contributed by atoms with Gasteiger partial charge < -0.3 is 5.32 Å². The highest BCUT2D eigenvalue weighted by molar-refractivity contribution is 5.01. The molecule has 3 heteroatoms. The van der Waals surface area contributed by atoms with Gasteiger partial charge >= 0.3 is 0 Å². The predicted octanol–water partition coefficient (Wildman–Crippen LogP) is 0.528. The summed E-state index contributed by atoms with van der Waals surface area (Å²) in [5.74, 6) is 0. The standard InChI is InChI=1S/C10H19N3/c1-2-8-3-6-10(5-1,12-8)13-9-4-7-11-9/h8-9,11-13H,1-7H2. The van der Waals surface area contributed by atoms with E-state index in [-0.39, 0.29) is 0 Å². The maximum Gasteiger partial charge on any atom is 0.0701 e. The zero-order chi connectivity index (χ0) is 8.73. The number of fused-ring (bicyclic) bond motifs is 2. The molecule has 3 nitrogen and oxygen atoms in total. The highest BCUT2D eigenvalue weighted by Gasteiger charge is 2.42. The molecule has 0 aromatic rings. The topological polar surface area (TPSA) is 36.1 Å². The molecule has 0 saturated carbocycles. The van der Waals surface area contributed by atoms with E-state index in [1.54, 1.807) is 0 Å². The van der Waals surface area contributed by atoms with Crippen molar-refractivity contribution in [2.24, 2.45) is 0 Å². The van der Waals surface area contributed by atoms with Crippen molar-refractivity contribution in [1.82, 2.24) is 16.0 Å². The van der Waals surface area contributed by atoms with Crippen molar-refractivity contribution < 1.29 is 0 Å². The van der Waals surface area contributed by atoms with Crippen LogP contribution in [0.2, 0.25) is 0 Å². The van der Waals surface area contributed by atoms with E-state index in [0.717, 1.165) is 6.04 Å². The van der Waals surface area contributed by atoms with Crippen LogP contribution in [0.1, 0.15) is 38.5 Å². The first-order chi connectivity index (χ1) is 6.36. The molecule has 3 rings (SSSR count). The average Bonchev–Trinajstić information content (AvgIpc) is 2.36. The summed E-state index contributed by atoms with van der Waals surface area (Å²) in [5, 5.41) is 10.9. The third-order valence-corrected chi connectivity index (χ3v) is 3.83. The van der Waals surface area contributed by atoms with Crippen molar-refractivity contribution in [2.75, 3.05) is 6.54 Å². The summed E-state index contributed by atoms with van der Waals surface area (Å²) < 4.78 is 0. The van der Waals surface area contributed by atoms with Crippen LogP contribution < -0.4 is 16.0 Å². The van der Waals surface area contributed by atoms with Gasteiger partial charge in [0, 0.05) is 6.04 Å². The summed E-state index contributed by atoms with van der Waals surface area (Å²) in [4.78, 5) is 0. The zero-order valence-corrected chi connectivity index (χ0v) is 8.10. The molecule has 3 heterocycles. The van der Waals surface area contributed by atoms with Crippen LogP contribution in [0.3, 0.4) is 0 Å². The molecule has 13 heavy (non-hydrogen) atoms. The SMILES string of the molecule is C1CC2CCC(NC3CCN3)(C1)N2. The largest absolute Gasteiger partial charge is 0.302 e. The first-order valence-corrected chi connectivity index (χ1v) is 5.65. The number of hydrogen-bond acceptors (Lipinski definition) is 3. The first-order valence-electron chi connectivity index (χ1n) is 5.65. The third-order valence-electron chi connectivity index (χ3n) is 3.83. The van der Waals surface area contributed by atoms with Crippen LogP contribution in [0.25, 0.3) is 0 Å². The Bertz CT molecular complexity index is 198. The maximum atomic E-state index is 3.75. The molecular formula is C10H19N3. The van der Waals surface area contributed by atoms with Crippen molar-refractivity contribution in [1.29, 1.82) is 0 Å². The van der Waals surface area contributed by atoms with Crippen molar-refractivity contribution in [3.63, 3.8) is 0 Å². The fourth-order valence-electron chi connectivity index (χ4n) is 2.95. The van der Waals surface area contributed by atoms with Gasteiger partial charge in [0.2, 0.25) is 0 Å². The zero-order valence-electron chi connectivity index (χ0n) is 8.10. The first kappa shape index (κ1) is 8.21. The molecule has 0 spiro atoms. The van der Waals surface area contributed by atoms with Crippen molar-refractivity contribution >= 4 is 0 Å². The minimum absolute atomic E-state index is 0.307. The molecular weight excluding hydrogens is 162 g/mol. The summed E-state index contributed by atoms with van der Waals surface area (Å²) in [6.45, 7) is 1.19. The Morgan fingerprint density at radius 2 is 2.08 bits per heavy atom. The highest BCUT2D eigenvalue weighted by atomic mass is 15.3. The van der Waals surface area contributed by atoms with Crippen molar-refractivity contribution in [2.45, 2.75) is 56.4 Å². The predicted molar refractivity (Wildman–Crippen MR) is 52.3 cm³/mol. The van der Waals surface area contributed by atoms with E-state index in [1.807, 2.05) is 0 Å². The molecule has 0 aromatic heterocycles. The smallest absolute Gasteiger partial charge is 0.0701 e. The normalized spacial score (nSPS) is 48.9. The summed E-state index contributed by atoms with van der Waals surface area (Å²) >= 11 is 0. The molecule has 2 bridgehead atoms. The fourth-order valence-corrected chi connectivity index (χ4v) is 2.95. The molecule has 3 atom stereocenters. The summed E-state index contributed by atoms with van der Waals surface area (Å²) in [7, 11) is 0. The van der Waals surface area contributed by atoms with E-state index >= 15 is 0 Å². The van der Waals surface area contributed by atoms with Crippen LogP contribution in [-0.4, -0.2) is 24.4 Å². The van der Waals surface area contributed by atoms with Gasteiger partial charge in [0.05, 0.1) is 11.8 Å². The second kappa shape index (κ2) is 2.94. The van der Waals surface area contributed by atoms with Gasteiger partial charge in [0.25, 0.3) is 0 Å². The Morgan fingerprint density at radius 1 is 1.15 bits per heavy atom. The van der Waals surface area contributed by atoms with Crippen LogP contribution in [0.4, 0.5) is 0 Å². The minimum Gasteiger partial charge on any atom is -0.302 e. The van der Waals surface area contributed by atoms with Gasteiger partial charge in [-0.3, -0.25) is 10.6 Å². The lowest BCUT2D eigenvalue weighted by molar-refractivity contribution is 0.154. The van der Waals surface area contributed by atoms with Gasteiger partial charge in [-0.1, -0.05) is 0 Å². The van der Waals surface area contributed by atoms with Crippen LogP contribution in [0.15, 0.2) is 0 Å². The van der Waals surface area contributed by atoms with E-state index in [0.29, 0.717) is 11.8 Å². The molecule has 0 radical (unpaired) electrons. The van der Waals surface area contributed by atoms with E-state index < -0.39 is 0 Å². The third kappa shape index (κ3) is 1.39. The molecule has 3 fully saturated rings. The van der Waals surface area contributed by atoms with Crippen molar-refractivity contribution in [3.8, 4) is 0 Å². The van der Waals surface area contributed by atoms with Gasteiger partial charge in [-0.05, 0) is 45.1 Å². The van der Waals surface area contributed by atoms with Gasteiger partial charge in [0.15, 0.2) is 0 Å². The Kier molecular flexibility index (Phi) is 1.86. The number of piperidine rings is 1. The number of hydrogen-bond donors (Lipinski definition) is 3. The minimum atomic E-state index is 0.307. The van der Waals surface area contributed by atoms with Gasteiger partial charge in [0.1, 0.15) is 0 Å². The quantitative estimate of drug-likeness (QED) is 0.581. The maximum absolute atomic E-state index is 3.75.